The molecule has 1 aromatic carbocycles. The number of hydrogen-bond acceptors (Lipinski definition) is 7. The van der Waals surface area contributed by atoms with Gasteiger partial charge in [0.1, 0.15) is 24.9 Å². The van der Waals surface area contributed by atoms with Crippen LogP contribution < -0.4 is 5.32 Å². The molecule has 0 atom stereocenters. The molecule has 2 aromatic rings. The standard InChI is InChI=1S/C16H18N4O3S/c1-11-5-4-6-12(15(20-22-3)16(21)17-2)13(11)10-23-19-9-14-18-7-8-24-14/h4-9H,10H2,1-3H3,(H,17,21)/b19-9+,20-15+. The third kappa shape index (κ3) is 4.39. The largest absolute Gasteiger partial charge is 0.398 e. The van der Waals surface area contributed by atoms with E-state index in [0.717, 1.165) is 16.1 Å². The average Bonchev–Trinajstić information content (AvgIpc) is 3.10. The zero-order valence-corrected chi connectivity index (χ0v) is 14.5. The van der Waals surface area contributed by atoms with Crippen molar-refractivity contribution in [1.29, 1.82) is 0 Å². The van der Waals surface area contributed by atoms with Crippen molar-refractivity contribution in [3.63, 3.8) is 0 Å². The van der Waals surface area contributed by atoms with E-state index in [0.29, 0.717) is 5.56 Å². The highest BCUT2D eigenvalue weighted by Crippen LogP contribution is 2.17. The number of likely N-dealkylation sites (N-methyl/N-ethyl adjacent to an activating group) is 1. The number of rotatable bonds is 7. The number of thiazole rings is 1. The van der Waals surface area contributed by atoms with Gasteiger partial charge in [-0.1, -0.05) is 28.5 Å². The van der Waals surface area contributed by atoms with Crippen LogP contribution in [0.25, 0.3) is 0 Å². The fourth-order valence-corrected chi connectivity index (χ4v) is 2.51. The predicted molar refractivity (Wildman–Crippen MR) is 93.3 cm³/mol. The van der Waals surface area contributed by atoms with Gasteiger partial charge in [-0.15, -0.1) is 11.3 Å². The van der Waals surface area contributed by atoms with Crippen LogP contribution in [0, 0.1) is 6.92 Å². The monoisotopic (exact) mass is 346 g/mol. The normalized spacial score (nSPS) is 11.5. The first-order chi connectivity index (χ1) is 11.7. The first-order valence-electron chi connectivity index (χ1n) is 7.14. The highest BCUT2D eigenvalue weighted by molar-refractivity contribution is 7.11. The number of nitrogens with zero attached hydrogens (tertiary/aromatic N) is 3. The van der Waals surface area contributed by atoms with Crippen LogP contribution >= 0.6 is 11.3 Å². The lowest BCUT2D eigenvalue weighted by Crippen LogP contribution is -2.29. The van der Waals surface area contributed by atoms with Gasteiger partial charge in [0.2, 0.25) is 0 Å². The summed E-state index contributed by atoms with van der Waals surface area (Å²) in [5, 5.41) is 12.9. The molecule has 0 fully saturated rings. The summed E-state index contributed by atoms with van der Waals surface area (Å²) in [4.78, 5) is 26.3. The van der Waals surface area contributed by atoms with Gasteiger partial charge >= 0.3 is 0 Å². The van der Waals surface area contributed by atoms with Gasteiger partial charge in [-0.05, 0) is 12.5 Å². The first kappa shape index (κ1) is 17.6. The van der Waals surface area contributed by atoms with Crippen LogP contribution in [0.5, 0.6) is 0 Å². The van der Waals surface area contributed by atoms with E-state index in [1.807, 2.05) is 24.4 Å². The van der Waals surface area contributed by atoms with Crippen LogP contribution in [0.2, 0.25) is 0 Å². The van der Waals surface area contributed by atoms with Crippen LogP contribution in [-0.4, -0.2) is 37.0 Å². The Bertz CT molecular complexity index is 742. The number of benzene rings is 1. The Morgan fingerprint density at radius 3 is 2.96 bits per heavy atom. The first-order valence-corrected chi connectivity index (χ1v) is 8.02. The second kappa shape index (κ2) is 8.78. The summed E-state index contributed by atoms with van der Waals surface area (Å²) in [6.45, 7) is 2.13. The van der Waals surface area contributed by atoms with Gasteiger partial charge in [0.15, 0.2) is 5.71 Å². The van der Waals surface area contributed by atoms with Crippen molar-refractivity contribution in [2.45, 2.75) is 13.5 Å². The molecule has 1 aromatic heterocycles. The number of oxime groups is 2. The zero-order valence-electron chi connectivity index (χ0n) is 13.6. The summed E-state index contributed by atoms with van der Waals surface area (Å²) in [7, 11) is 2.94. The fourth-order valence-electron chi connectivity index (χ4n) is 2.02. The smallest absolute Gasteiger partial charge is 0.273 e. The number of carbonyl (C=O) groups excluding carboxylic acids is 1. The van der Waals surface area contributed by atoms with E-state index >= 15 is 0 Å². The summed E-state index contributed by atoms with van der Waals surface area (Å²) in [5.41, 5.74) is 2.60. The lowest BCUT2D eigenvalue weighted by molar-refractivity contribution is -0.114. The Hall–Kier alpha value is -2.74. The van der Waals surface area contributed by atoms with Gasteiger partial charge in [-0.3, -0.25) is 4.79 Å². The van der Waals surface area contributed by atoms with Crippen molar-refractivity contribution in [2.75, 3.05) is 14.2 Å². The molecule has 1 N–H and O–H groups in total. The van der Waals surface area contributed by atoms with Crippen LogP contribution in [-0.2, 0) is 21.1 Å². The highest BCUT2D eigenvalue weighted by atomic mass is 32.1. The maximum atomic E-state index is 12.1. The maximum Gasteiger partial charge on any atom is 0.273 e. The summed E-state index contributed by atoms with van der Waals surface area (Å²) >= 11 is 1.46. The second-order valence-corrected chi connectivity index (χ2v) is 5.61. The van der Waals surface area contributed by atoms with Crippen LogP contribution in [0.1, 0.15) is 21.7 Å². The average molecular weight is 346 g/mol. The van der Waals surface area contributed by atoms with E-state index in [9.17, 15) is 4.79 Å². The molecule has 126 valence electrons. The Balaban J connectivity index is 2.22. The molecule has 2 rings (SSSR count). The van der Waals surface area contributed by atoms with E-state index in [-0.39, 0.29) is 18.2 Å². The number of nitrogens with one attached hydrogen (secondary N) is 1. The van der Waals surface area contributed by atoms with Gasteiger partial charge in [0, 0.05) is 29.8 Å². The van der Waals surface area contributed by atoms with Crippen LogP contribution in [0.15, 0.2) is 40.1 Å². The molecule has 1 amide bonds. The van der Waals surface area contributed by atoms with Gasteiger partial charge in [0.05, 0.1) is 0 Å². The molecule has 0 unspecified atom stereocenters. The molecule has 24 heavy (non-hydrogen) atoms. The summed E-state index contributed by atoms with van der Waals surface area (Å²) in [5.74, 6) is -0.338. The number of aryl methyl sites for hydroxylation is 1. The summed E-state index contributed by atoms with van der Waals surface area (Å²) < 4.78 is 0. The van der Waals surface area contributed by atoms with E-state index in [1.165, 1.54) is 25.5 Å². The fraction of sp³-hybridized carbons (Fsp3) is 0.250. The molecule has 8 heteroatoms. The Labute approximate surface area is 144 Å². The molecule has 1 heterocycles. The lowest BCUT2D eigenvalue weighted by Gasteiger charge is -2.12. The quantitative estimate of drug-likeness (QED) is 0.614. The molecule has 0 spiro atoms. The Morgan fingerprint density at radius 2 is 2.29 bits per heavy atom. The maximum absolute atomic E-state index is 12.1. The third-order valence-corrected chi connectivity index (χ3v) is 3.90. The van der Waals surface area contributed by atoms with E-state index in [4.69, 9.17) is 9.68 Å². The lowest BCUT2D eigenvalue weighted by atomic mass is 9.98. The molecular weight excluding hydrogens is 328 g/mol. The summed E-state index contributed by atoms with van der Waals surface area (Å²) in [6.07, 6.45) is 3.24. The molecule has 0 bridgehead atoms. The predicted octanol–water partition coefficient (Wildman–Crippen LogP) is 2.10. The number of aromatic nitrogens is 1. The van der Waals surface area contributed by atoms with Crippen LogP contribution in [0.4, 0.5) is 0 Å². The van der Waals surface area contributed by atoms with E-state index < -0.39 is 0 Å². The van der Waals surface area contributed by atoms with E-state index in [2.05, 4.69) is 20.6 Å². The second-order valence-electron chi connectivity index (χ2n) is 4.68. The van der Waals surface area contributed by atoms with Gasteiger partial charge in [0.25, 0.3) is 5.91 Å². The zero-order chi connectivity index (χ0) is 17.4. The third-order valence-electron chi connectivity index (χ3n) is 3.19. The van der Waals surface area contributed by atoms with Crippen molar-refractivity contribution in [1.82, 2.24) is 10.3 Å². The molecule has 0 aliphatic carbocycles. The molecule has 0 saturated carbocycles. The summed E-state index contributed by atoms with van der Waals surface area (Å²) in [6, 6.07) is 5.57. The molecule has 0 saturated heterocycles. The van der Waals surface area contributed by atoms with Gasteiger partial charge in [-0.2, -0.15) is 0 Å². The molecule has 0 radical (unpaired) electrons. The van der Waals surface area contributed by atoms with Crippen molar-refractivity contribution in [3.8, 4) is 0 Å². The Morgan fingerprint density at radius 1 is 1.46 bits per heavy atom. The van der Waals surface area contributed by atoms with Crippen molar-refractivity contribution in [2.24, 2.45) is 10.3 Å². The highest BCUT2D eigenvalue weighted by Gasteiger charge is 2.19. The van der Waals surface area contributed by atoms with Crippen molar-refractivity contribution in [3.05, 3.63) is 51.5 Å². The molecule has 7 nitrogen and oxygen atoms in total. The number of carbonyl (C=O) groups is 1. The minimum Gasteiger partial charge on any atom is -0.398 e. The van der Waals surface area contributed by atoms with Gasteiger partial charge < -0.3 is 15.0 Å². The Kier molecular flexibility index (Phi) is 6.44. The van der Waals surface area contributed by atoms with Crippen LogP contribution in [0.3, 0.4) is 0 Å². The van der Waals surface area contributed by atoms with Crippen molar-refractivity contribution >= 4 is 29.2 Å². The minimum absolute atomic E-state index is 0.186. The topological polar surface area (TPSA) is 85.2 Å². The van der Waals surface area contributed by atoms with E-state index in [1.54, 1.807) is 18.5 Å². The molecule has 0 aliphatic rings. The van der Waals surface area contributed by atoms with Crippen molar-refractivity contribution < 1.29 is 14.5 Å². The molecule has 0 aliphatic heterocycles. The molecular formula is C16H18N4O3S. The SMILES string of the molecule is CNC(=O)/C(=N/OC)c1cccc(C)c1CO/N=C/c1nccs1. The number of amides is 1. The minimum atomic E-state index is -0.338. The number of hydrogen-bond donors (Lipinski definition) is 1. The van der Waals surface area contributed by atoms with Gasteiger partial charge in [-0.25, -0.2) is 4.98 Å².